The second-order valence-corrected chi connectivity index (χ2v) is 3.95. The lowest BCUT2D eigenvalue weighted by Gasteiger charge is -2.03. The Labute approximate surface area is 96.2 Å². The van der Waals surface area contributed by atoms with Gasteiger partial charge in [-0.2, -0.15) is 0 Å². The van der Waals surface area contributed by atoms with Crippen LogP contribution in [0.4, 0.5) is 0 Å². The first kappa shape index (κ1) is 10.2. The van der Waals surface area contributed by atoms with E-state index in [0.29, 0.717) is 5.89 Å². The van der Waals surface area contributed by atoms with E-state index in [1.165, 1.54) is 0 Å². The van der Waals surface area contributed by atoms with Gasteiger partial charge in [-0.05, 0) is 34.1 Å². The Morgan fingerprint density at radius 3 is 2.73 bits per heavy atom. The molecule has 78 valence electrons. The van der Waals surface area contributed by atoms with Crippen LogP contribution in [0.2, 0.25) is 0 Å². The number of aryl methyl sites for hydroxylation is 1. The predicted molar refractivity (Wildman–Crippen MR) is 60.9 cm³/mol. The van der Waals surface area contributed by atoms with Gasteiger partial charge in [0.2, 0.25) is 0 Å². The Morgan fingerprint density at radius 2 is 2.20 bits per heavy atom. The zero-order valence-corrected chi connectivity index (χ0v) is 10.0. The van der Waals surface area contributed by atoms with Gasteiger partial charge in [0, 0.05) is 12.5 Å². The first-order valence-electron chi connectivity index (χ1n) is 4.47. The summed E-state index contributed by atoms with van der Waals surface area (Å²) < 4.78 is 11.5. The molecule has 0 aliphatic rings. The van der Waals surface area contributed by atoms with Crippen LogP contribution in [0.15, 0.2) is 33.3 Å². The standard InChI is InChI=1S/C11H10BrNO2/c1-7-13-6-11(15-7)8-3-4-10(14-2)9(12)5-8/h3-6H,1-2H3. The summed E-state index contributed by atoms with van der Waals surface area (Å²) in [6.07, 6.45) is 1.71. The zero-order valence-electron chi connectivity index (χ0n) is 8.45. The quantitative estimate of drug-likeness (QED) is 0.837. The molecule has 0 radical (unpaired) electrons. The summed E-state index contributed by atoms with van der Waals surface area (Å²) in [5.41, 5.74) is 0.975. The lowest BCUT2D eigenvalue weighted by molar-refractivity contribution is 0.412. The molecule has 15 heavy (non-hydrogen) atoms. The highest BCUT2D eigenvalue weighted by atomic mass is 79.9. The molecule has 3 nitrogen and oxygen atoms in total. The lowest BCUT2D eigenvalue weighted by Crippen LogP contribution is -1.84. The SMILES string of the molecule is COc1ccc(-c2cnc(C)o2)cc1Br. The summed E-state index contributed by atoms with van der Waals surface area (Å²) in [5.74, 6) is 2.22. The number of nitrogens with zero attached hydrogens (tertiary/aromatic N) is 1. The summed E-state index contributed by atoms with van der Waals surface area (Å²) in [6.45, 7) is 1.82. The lowest BCUT2D eigenvalue weighted by atomic mass is 10.2. The Kier molecular flexibility index (Phi) is 2.77. The molecule has 2 rings (SSSR count). The van der Waals surface area contributed by atoms with Gasteiger partial charge < -0.3 is 9.15 Å². The Bertz CT molecular complexity index is 479. The monoisotopic (exact) mass is 267 g/mol. The van der Waals surface area contributed by atoms with Gasteiger partial charge in [0.15, 0.2) is 11.7 Å². The molecule has 1 aromatic heterocycles. The molecule has 0 saturated carbocycles. The van der Waals surface area contributed by atoms with Crippen LogP contribution in [0.3, 0.4) is 0 Å². The van der Waals surface area contributed by atoms with Crippen molar-refractivity contribution in [3.8, 4) is 17.1 Å². The van der Waals surface area contributed by atoms with Crippen LogP contribution in [0, 0.1) is 6.92 Å². The topological polar surface area (TPSA) is 35.3 Å². The van der Waals surface area contributed by atoms with E-state index in [4.69, 9.17) is 9.15 Å². The molecule has 4 heteroatoms. The van der Waals surface area contributed by atoms with Crippen molar-refractivity contribution >= 4 is 15.9 Å². The second-order valence-electron chi connectivity index (χ2n) is 3.09. The molecule has 0 aliphatic heterocycles. The van der Waals surface area contributed by atoms with Gasteiger partial charge in [0.25, 0.3) is 0 Å². The molecule has 0 fully saturated rings. The number of methoxy groups -OCH3 is 1. The van der Waals surface area contributed by atoms with Crippen LogP contribution in [-0.2, 0) is 0 Å². The molecule has 0 bridgehead atoms. The maximum Gasteiger partial charge on any atom is 0.191 e. The number of halogens is 1. The fraction of sp³-hybridized carbons (Fsp3) is 0.182. The van der Waals surface area contributed by atoms with E-state index in [-0.39, 0.29) is 0 Å². The first-order valence-corrected chi connectivity index (χ1v) is 5.26. The van der Waals surface area contributed by atoms with Crippen LogP contribution in [0.1, 0.15) is 5.89 Å². The van der Waals surface area contributed by atoms with E-state index >= 15 is 0 Å². The van der Waals surface area contributed by atoms with Gasteiger partial charge in [-0.15, -0.1) is 0 Å². The van der Waals surface area contributed by atoms with E-state index < -0.39 is 0 Å². The second kappa shape index (κ2) is 4.06. The molecular weight excluding hydrogens is 258 g/mol. The van der Waals surface area contributed by atoms with Crippen molar-refractivity contribution in [3.05, 3.63) is 34.8 Å². The van der Waals surface area contributed by atoms with Gasteiger partial charge in [-0.25, -0.2) is 4.98 Å². The fourth-order valence-electron chi connectivity index (χ4n) is 1.31. The van der Waals surface area contributed by atoms with Gasteiger partial charge in [0.1, 0.15) is 5.75 Å². The van der Waals surface area contributed by atoms with Crippen molar-refractivity contribution < 1.29 is 9.15 Å². The van der Waals surface area contributed by atoms with E-state index in [2.05, 4.69) is 20.9 Å². The highest BCUT2D eigenvalue weighted by molar-refractivity contribution is 9.10. The molecule has 0 saturated heterocycles. The summed E-state index contributed by atoms with van der Waals surface area (Å²) in [6, 6.07) is 5.76. The van der Waals surface area contributed by atoms with Crippen molar-refractivity contribution in [1.82, 2.24) is 4.98 Å². The highest BCUT2D eigenvalue weighted by Gasteiger charge is 2.06. The normalized spacial score (nSPS) is 10.3. The first-order chi connectivity index (χ1) is 7.20. The number of hydrogen-bond donors (Lipinski definition) is 0. The minimum absolute atomic E-state index is 0.664. The number of aromatic nitrogens is 1. The number of benzene rings is 1. The molecule has 2 aromatic rings. The third-order valence-electron chi connectivity index (χ3n) is 2.06. The van der Waals surface area contributed by atoms with Crippen LogP contribution in [0.5, 0.6) is 5.75 Å². The van der Waals surface area contributed by atoms with E-state index in [9.17, 15) is 0 Å². The maximum absolute atomic E-state index is 5.43. The van der Waals surface area contributed by atoms with E-state index in [1.807, 2.05) is 25.1 Å². The van der Waals surface area contributed by atoms with Gasteiger partial charge in [-0.3, -0.25) is 0 Å². The molecule has 0 atom stereocenters. The molecule has 1 aromatic carbocycles. The summed E-state index contributed by atoms with van der Waals surface area (Å²) in [7, 11) is 1.64. The van der Waals surface area contributed by atoms with Crippen LogP contribution >= 0.6 is 15.9 Å². The third kappa shape index (κ3) is 2.04. The predicted octanol–water partition coefficient (Wildman–Crippen LogP) is 3.42. The molecule has 0 amide bonds. The highest BCUT2D eigenvalue weighted by Crippen LogP contribution is 2.30. The molecule has 1 heterocycles. The van der Waals surface area contributed by atoms with Gasteiger partial charge >= 0.3 is 0 Å². The van der Waals surface area contributed by atoms with Gasteiger partial charge in [-0.1, -0.05) is 0 Å². The van der Waals surface area contributed by atoms with Crippen LogP contribution in [-0.4, -0.2) is 12.1 Å². The summed E-state index contributed by atoms with van der Waals surface area (Å²) >= 11 is 3.42. The number of oxazole rings is 1. The average molecular weight is 268 g/mol. The smallest absolute Gasteiger partial charge is 0.191 e. The van der Waals surface area contributed by atoms with Crippen LogP contribution in [0.25, 0.3) is 11.3 Å². The van der Waals surface area contributed by atoms with Crippen molar-refractivity contribution in [2.45, 2.75) is 6.92 Å². The molecule has 0 aliphatic carbocycles. The molecular formula is C11H10BrNO2. The van der Waals surface area contributed by atoms with Crippen molar-refractivity contribution in [1.29, 1.82) is 0 Å². The Hall–Kier alpha value is -1.29. The molecule has 0 N–H and O–H groups in total. The number of ether oxygens (including phenoxy) is 1. The molecule has 0 spiro atoms. The minimum Gasteiger partial charge on any atom is -0.496 e. The zero-order chi connectivity index (χ0) is 10.8. The number of rotatable bonds is 2. The van der Waals surface area contributed by atoms with Crippen molar-refractivity contribution in [3.63, 3.8) is 0 Å². The van der Waals surface area contributed by atoms with E-state index in [0.717, 1.165) is 21.5 Å². The summed E-state index contributed by atoms with van der Waals surface area (Å²) in [5, 5.41) is 0. The molecule has 0 unspecified atom stereocenters. The van der Waals surface area contributed by atoms with Crippen molar-refractivity contribution in [2.24, 2.45) is 0 Å². The Morgan fingerprint density at radius 1 is 1.40 bits per heavy atom. The van der Waals surface area contributed by atoms with Crippen molar-refractivity contribution in [2.75, 3.05) is 7.11 Å². The van der Waals surface area contributed by atoms with E-state index in [1.54, 1.807) is 13.3 Å². The number of hydrogen-bond acceptors (Lipinski definition) is 3. The third-order valence-corrected chi connectivity index (χ3v) is 2.68. The Balaban J connectivity index is 2.42. The minimum atomic E-state index is 0.664. The summed E-state index contributed by atoms with van der Waals surface area (Å²) in [4.78, 5) is 4.05. The fourth-order valence-corrected chi connectivity index (χ4v) is 1.86. The van der Waals surface area contributed by atoms with Crippen LogP contribution < -0.4 is 4.74 Å². The maximum atomic E-state index is 5.43. The van der Waals surface area contributed by atoms with Gasteiger partial charge in [0.05, 0.1) is 17.8 Å². The average Bonchev–Trinajstić information content (AvgIpc) is 2.65. The largest absolute Gasteiger partial charge is 0.496 e.